The zero-order valence-electron chi connectivity index (χ0n) is 10.8. The number of pyridine rings is 1. The Hall–Kier alpha value is -1.57. The molecule has 0 unspecified atom stereocenters. The fraction of sp³-hybridized carbons (Fsp3) is 0.615. The minimum Gasteiger partial charge on any atom is -0.390 e. The van der Waals surface area contributed by atoms with Gasteiger partial charge in [0.1, 0.15) is 11.8 Å². The Kier molecular flexibility index (Phi) is 3.19. The van der Waals surface area contributed by atoms with Gasteiger partial charge in [0.05, 0.1) is 28.8 Å². The molecular formula is C13H16N2O5. The smallest absolute Gasteiger partial charge is 0.293 e. The molecule has 0 spiro atoms. The van der Waals surface area contributed by atoms with Crippen molar-refractivity contribution in [1.29, 1.82) is 0 Å². The minimum atomic E-state index is -1.21. The van der Waals surface area contributed by atoms with Gasteiger partial charge in [-0.1, -0.05) is 0 Å². The molecule has 1 aromatic rings. The summed E-state index contributed by atoms with van der Waals surface area (Å²) in [5.41, 5.74) is -0.927. The van der Waals surface area contributed by atoms with Gasteiger partial charge in [-0.3, -0.25) is 15.1 Å². The molecular weight excluding hydrogens is 264 g/mol. The van der Waals surface area contributed by atoms with Crippen molar-refractivity contribution in [3.8, 4) is 0 Å². The van der Waals surface area contributed by atoms with Crippen molar-refractivity contribution >= 4 is 5.69 Å². The maximum absolute atomic E-state index is 11.0. The van der Waals surface area contributed by atoms with Crippen LogP contribution in [0.2, 0.25) is 0 Å². The van der Waals surface area contributed by atoms with Crippen LogP contribution in [-0.2, 0) is 4.74 Å². The molecule has 2 N–H and O–H groups in total. The van der Waals surface area contributed by atoms with Crippen LogP contribution in [0.5, 0.6) is 0 Å². The summed E-state index contributed by atoms with van der Waals surface area (Å²) in [5.74, 6) is 0. The van der Waals surface area contributed by atoms with Gasteiger partial charge >= 0.3 is 0 Å². The van der Waals surface area contributed by atoms with Crippen molar-refractivity contribution in [3.63, 3.8) is 0 Å². The molecule has 4 atom stereocenters. The number of aromatic nitrogens is 1. The number of ether oxygens (including phenoxy) is 1. The highest BCUT2D eigenvalue weighted by Gasteiger charge is 2.53. The van der Waals surface area contributed by atoms with Crippen LogP contribution in [0.3, 0.4) is 0 Å². The lowest BCUT2D eigenvalue weighted by Crippen LogP contribution is -2.54. The first-order valence-electron chi connectivity index (χ1n) is 6.66. The number of aliphatic hydroxyl groups is 2. The summed E-state index contributed by atoms with van der Waals surface area (Å²) in [5, 5.41) is 31.6. The summed E-state index contributed by atoms with van der Waals surface area (Å²) in [6.07, 6.45) is 2.75. The fourth-order valence-electron chi connectivity index (χ4n) is 3.23. The SMILES string of the molecule is O=[N+]([O-])c1cnccc1[C@H]1C[C@@H](O)[C@@]2(O)CCC[C@H]2O1. The second-order valence-electron chi connectivity index (χ2n) is 5.44. The highest BCUT2D eigenvalue weighted by molar-refractivity contribution is 5.39. The van der Waals surface area contributed by atoms with Gasteiger partial charge < -0.3 is 14.9 Å². The monoisotopic (exact) mass is 280 g/mol. The van der Waals surface area contributed by atoms with E-state index in [1.54, 1.807) is 0 Å². The first-order valence-corrected chi connectivity index (χ1v) is 6.66. The molecule has 1 aromatic heterocycles. The Morgan fingerprint density at radius 1 is 1.55 bits per heavy atom. The molecule has 1 aliphatic heterocycles. The van der Waals surface area contributed by atoms with E-state index < -0.39 is 28.8 Å². The number of rotatable bonds is 2. The highest BCUT2D eigenvalue weighted by Crippen LogP contribution is 2.46. The third kappa shape index (κ3) is 1.98. The van der Waals surface area contributed by atoms with E-state index in [0.717, 1.165) is 6.42 Å². The number of fused-ring (bicyclic) bond motifs is 1. The Labute approximate surface area is 115 Å². The van der Waals surface area contributed by atoms with E-state index in [0.29, 0.717) is 18.4 Å². The standard InChI is InChI=1S/C13H16N2O5/c16-11-6-10(20-12-2-1-4-13(11,12)17)8-3-5-14-7-9(8)15(18)19/h3,5,7,10-12,16-17H,1-2,4,6H2/t10-,11-,12-,13+/m1/s1. The van der Waals surface area contributed by atoms with Gasteiger partial charge in [-0.2, -0.15) is 0 Å². The fourth-order valence-corrected chi connectivity index (χ4v) is 3.23. The van der Waals surface area contributed by atoms with E-state index in [-0.39, 0.29) is 12.1 Å². The maximum Gasteiger partial charge on any atom is 0.293 e. The first kappa shape index (κ1) is 13.4. The average molecular weight is 280 g/mol. The predicted octanol–water partition coefficient (Wildman–Crippen LogP) is 1.10. The van der Waals surface area contributed by atoms with Crippen molar-refractivity contribution in [3.05, 3.63) is 34.1 Å². The van der Waals surface area contributed by atoms with Gasteiger partial charge in [-0.25, -0.2) is 0 Å². The molecule has 7 nitrogen and oxygen atoms in total. The number of aliphatic hydroxyl groups excluding tert-OH is 1. The summed E-state index contributed by atoms with van der Waals surface area (Å²) < 4.78 is 5.82. The molecule has 0 aromatic carbocycles. The Bertz CT molecular complexity index is 537. The Morgan fingerprint density at radius 2 is 2.35 bits per heavy atom. The number of nitro groups is 1. The molecule has 1 aliphatic carbocycles. The number of hydrogen-bond acceptors (Lipinski definition) is 6. The van der Waals surface area contributed by atoms with Crippen molar-refractivity contribution in [2.75, 3.05) is 0 Å². The van der Waals surface area contributed by atoms with E-state index in [2.05, 4.69) is 4.98 Å². The van der Waals surface area contributed by atoms with Crippen LogP contribution in [0.25, 0.3) is 0 Å². The molecule has 2 aliphatic rings. The molecule has 20 heavy (non-hydrogen) atoms. The second-order valence-corrected chi connectivity index (χ2v) is 5.44. The van der Waals surface area contributed by atoms with Crippen molar-refractivity contribution in [2.45, 2.75) is 49.6 Å². The summed E-state index contributed by atoms with van der Waals surface area (Å²) in [4.78, 5) is 14.3. The van der Waals surface area contributed by atoms with Gasteiger partial charge in [0, 0.05) is 12.6 Å². The molecule has 1 saturated carbocycles. The van der Waals surface area contributed by atoms with Crippen molar-refractivity contribution in [2.24, 2.45) is 0 Å². The first-order chi connectivity index (χ1) is 9.52. The van der Waals surface area contributed by atoms with E-state index in [1.807, 2.05) is 0 Å². The van der Waals surface area contributed by atoms with Gasteiger partial charge in [-0.15, -0.1) is 0 Å². The minimum absolute atomic E-state index is 0.117. The molecule has 2 fully saturated rings. The van der Waals surface area contributed by atoms with Crippen molar-refractivity contribution in [1.82, 2.24) is 4.98 Å². The predicted molar refractivity (Wildman–Crippen MR) is 67.9 cm³/mol. The van der Waals surface area contributed by atoms with Crippen LogP contribution in [0.4, 0.5) is 5.69 Å². The van der Waals surface area contributed by atoms with E-state index >= 15 is 0 Å². The topological polar surface area (TPSA) is 106 Å². The van der Waals surface area contributed by atoms with E-state index in [9.17, 15) is 20.3 Å². The van der Waals surface area contributed by atoms with Gasteiger partial charge in [0.2, 0.25) is 0 Å². The largest absolute Gasteiger partial charge is 0.390 e. The molecule has 0 amide bonds. The van der Waals surface area contributed by atoms with E-state index in [4.69, 9.17) is 4.74 Å². The average Bonchev–Trinajstić information content (AvgIpc) is 2.81. The zero-order chi connectivity index (χ0) is 14.3. The maximum atomic E-state index is 11.0. The van der Waals surface area contributed by atoms with Crippen LogP contribution < -0.4 is 0 Å². The lowest BCUT2D eigenvalue weighted by Gasteiger charge is -2.42. The third-order valence-electron chi connectivity index (χ3n) is 4.32. The highest BCUT2D eigenvalue weighted by atomic mass is 16.6. The molecule has 3 rings (SSSR count). The third-order valence-corrected chi connectivity index (χ3v) is 4.32. The molecule has 0 radical (unpaired) electrons. The van der Waals surface area contributed by atoms with Crippen LogP contribution in [0.1, 0.15) is 37.4 Å². The molecule has 0 bridgehead atoms. The summed E-state index contributed by atoms with van der Waals surface area (Å²) >= 11 is 0. The van der Waals surface area contributed by atoms with Gasteiger partial charge in [0.25, 0.3) is 5.69 Å². The molecule has 108 valence electrons. The second kappa shape index (κ2) is 4.76. The lowest BCUT2D eigenvalue weighted by atomic mass is 9.84. The molecule has 2 heterocycles. The number of nitrogens with zero attached hydrogens (tertiary/aromatic N) is 2. The Balaban J connectivity index is 1.91. The molecule has 1 saturated heterocycles. The van der Waals surface area contributed by atoms with Crippen LogP contribution >= 0.6 is 0 Å². The quantitative estimate of drug-likeness (QED) is 0.620. The summed E-state index contributed by atoms with van der Waals surface area (Å²) in [6.45, 7) is 0. The zero-order valence-corrected chi connectivity index (χ0v) is 10.8. The van der Waals surface area contributed by atoms with Crippen LogP contribution in [0, 0.1) is 10.1 Å². The van der Waals surface area contributed by atoms with Gasteiger partial charge in [0.15, 0.2) is 0 Å². The summed E-state index contributed by atoms with van der Waals surface area (Å²) in [7, 11) is 0. The van der Waals surface area contributed by atoms with Crippen LogP contribution in [-0.4, -0.2) is 37.9 Å². The lowest BCUT2D eigenvalue weighted by molar-refractivity contribution is -0.387. The van der Waals surface area contributed by atoms with Crippen LogP contribution in [0.15, 0.2) is 18.5 Å². The summed E-state index contributed by atoms with van der Waals surface area (Å²) in [6, 6.07) is 1.54. The van der Waals surface area contributed by atoms with Gasteiger partial charge in [-0.05, 0) is 25.3 Å². The normalized spacial score (nSPS) is 36.6. The number of hydrogen-bond donors (Lipinski definition) is 2. The Morgan fingerprint density at radius 3 is 3.10 bits per heavy atom. The molecule has 7 heteroatoms. The van der Waals surface area contributed by atoms with E-state index in [1.165, 1.54) is 18.5 Å². The van der Waals surface area contributed by atoms with Crippen molar-refractivity contribution < 1.29 is 19.9 Å².